The van der Waals surface area contributed by atoms with Crippen molar-refractivity contribution >= 4 is 50.4 Å². The van der Waals surface area contributed by atoms with Crippen LogP contribution in [0.1, 0.15) is 15.2 Å². The zero-order chi connectivity index (χ0) is 26.1. The van der Waals surface area contributed by atoms with E-state index in [-0.39, 0.29) is 5.91 Å². The van der Waals surface area contributed by atoms with E-state index >= 15 is 0 Å². The SMILES string of the molecule is COc1ccc(-c2cc(-c3ccc(C)cc3)nc3sc(C(=O)Nc4cc(Cl)ccc4OC)c(N)c23)cc1. The second-order valence-electron chi connectivity index (χ2n) is 8.47. The fourth-order valence-electron chi connectivity index (χ4n) is 4.12. The topological polar surface area (TPSA) is 86.5 Å². The number of halogens is 1. The number of fused-ring (bicyclic) bond motifs is 1. The van der Waals surface area contributed by atoms with Gasteiger partial charge in [0, 0.05) is 16.0 Å². The molecule has 2 aromatic heterocycles. The van der Waals surface area contributed by atoms with E-state index in [1.54, 1.807) is 25.3 Å². The van der Waals surface area contributed by atoms with Crippen molar-refractivity contribution in [3.63, 3.8) is 0 Å². The molecule has 3 N–H and O–H groups in total. The molecule has 0 aliphatic heterocycles. The molecule has 0 bridgehead atoms. The number of amides is 1. The summed E-state index contributed by atoms with van der Waals surface area (Å²) < 4.78 is 10.7. The molecule has 5 aromatic rings. The van der Waals surface area contributed by atoms with E-state index in [9.17, 15) is 4.79 Å². The van der Waals surface area contributed by atoms with Crippen molar-refractivity contribution in [2.75, 3.05) is 25.3 Å². The van der Waals surface area contributed by atoms with Crippen molar-refractivity contribution in [1.29, 1.82) is 0 Å². The Bertz CT molecular complexity index is 1610. The number of pyridine rings is 1. The summed E-state index contributed by atoms with van der Waals surface area (Å²) in [6.45, 7) is 2.04. The first kappa shape index (κ1) is 24.6. The Morgan fingerprint density at radius 1 is 0.946 bits per heavy atom. The number of hydrogen-bond acceptors (Lipinski definition) is 6. The molecule has 0 spiro atoms. The number of thiophene rings is 1. The first-order valence-electron chi connectivity index (χ1n) is 11.5. The van der Waals surface area contributed by atoms with Gasteiger partial charge >= 0.3 is 0 Å². The van der Waals surface area contributed by atoms with Gasteiger partial charge < -0.3 is 20.5 Å². The molecule has 0 fully saturated rings. The number of nitrogens with one attached hydrogen (secondary N) is 1. The fourth-order valence-corrected chi connectivity index (χ4v) is 5.30. The molecule has 186 valence electrons. The summed E-state index contributed by atoms with van der Waals surface area (Å²) in [4.78, 5) is 19.3. The molecule has 3 aromatic carbocycles. The van der Waals surface area contributed by atoms with Crippen LogP contribution in [0.2, 0.25) is 5.02 Å². The number of rotatable bonds is 6. The lowest BCUT2D eigenvalue weighted by Crippen LogP contribution is -2.12. The number of carbonyl (C=O) groups excluding carboxylic acids is 1. The largest absolute Gasteiger partial charge is 0.497 e. The van der Waals surface area contributed by atoms with Crippen molar-refractivity contribution in [3.05, 3.63) is 88.3 Å². The van der Waals surface area contributed by atoms with E-state index in [0.29, 0.717) is 31.9 Å². The average Bonchev–Trinajstić information content (AvgIpc) is 3.25. The van der Waals surface area contributed by atoms with Crippen LogP contribution in [0.15, 0.2) is 72.8 Å². The lowest BCUT2D eigenvalue weighted by Gasteiger charge is -2.11. The predicted molar refractivity (Wildman–Crippen MR) is 152 cm³/mol. The van der Waals surface area contributed by atoms with Crippen molar-refractivity contribution in [2.45, 2.75) is 6.92 Å². The Morgan fingerprint density at radius 2 is 1.65 bits per heavy atom. The van der Waals surface area contributed by atoms with Gasteiger partial charge in [0.15, 0.2) is 0 Å². The molecule has 5 rings (SSSR count). The summed E-state index contributed by atoms with van der Waals surface area (Å²) in [7, 11) is 3.16. The third-order valence-corrected chi connectivity index (χ3v) is 7.40. The van der Waals surface area contributed by atoms with Gasteiger partial charge in [0.2, 0.25) is 0 Å². The number of methoxy groups -OCH3 is 2. The molecule has 8 heteroatoms. The molecular formula is C29H24ClN3O3S. The lowest BCUT2D eigenvalue weighted by molar-refractivity contribution is 0.103. The molecule has 2 heterocycles. The number of hydrogen-bond donors (Lipinski definition) is 2. The molecular weight excluding hydrogens is 506 g/mol. The van der Waals surface area contributed by atoms with Crippen LogP contribution < -0.4 is 20.5 Å². The third-order valence-electron chi connectivity index (χ3n) is 6.06. The van der Waals surface area contributed by atoms with Gasteiger partial charge in [0.05, 0.1) is 31.3 Å². The van der Waals surface area contributed by atoms with Crippen LogP contribution >= 0.6 is 22.9 Å². The quantitative estimate of drug-likeness (QED) is 0.238. The normalized spacial score (nSPS) is 10.9. The van der Waals surface area contributed by atoms with Gasteiger partial charge in [0.1, 0.15) is 21.2 Å². The average molecular weight is 530 g/mol. The second-order valence-corrected chi connectivity index (χ2v) is 9.91. The Kier molecular flexibility index (Phi) is 6.74. The first-order chi connectivity index (χ1) is 17.9. The Balaban J connectivity index is 1.66. The van der Waals surface area contributed by atoms with Crippen molar-refractivity contribution in [3.8, 4) is 33.9 Å². The molecule has 37 heavy (non-hydrogen) atoms. The van der Waals surface area contributed by atoms with E-state index < -0.39 is 0 Å². The maximum atomic E-state index is 13.4. The number of benzene rings is 3. The minimum absolute atomic E-state index is 0.361. The van der Waals surface area contributed by atoms with Gasteiger partial charge in [-0.1, -0.05) is 53.6 Å². The molecule has 0 radical (unpaired) electrons. The van der Waals surface area contributed by atoms with E-state index in [4.69, 9.17) is 31.8 Å². The van der Waals surface area contributed by atoms with Crippen LogP contribution in [0.25, 0.3) is 32.6 Å². The minimum Gasteiger partial charge on any atom is -0.497 e. The Labute approximate surface area is 223 Å². The molecule has 0 saturated carbocycles. The van der Waals surface area contributed by atoms with E-state index in [0.717, 1.165) is 39.1 Å². The zero-order valence-corrected chi connectivity index (χ0v) is 22.0. The van der Waals surface area contributed by atoms with Crippen LogP contribution in [0.3, 0.4) is 0 Å². The highest BCUT2D eigenvalue weighted by atomic mass is 35.5. The number of aryl methyl sites for hydroxylation is 1. The number of carbonyl (C=O) groups is 1. The van der Waals surface area contributed by atoms with Crippen molar-refractivity contribution in [2.24, 2.45) is 0 Å². The Morgan fingerprint density at radius 3 is 2.32 bits per heavy atom. The Hall–Kier alpha value is -4.07. The van der Waals surface area contributed by atoms with Crippen LogP contribution in [-0.4, -0.2) is 25.1 Å². The maximum Gasteiger partial charge on any atom is 0.268 e. The lowest BCUT2D eigenvalue weighted by atomic mass is 9.99. The summed E-state index contributed by atoms with van der Waals surface area (Å²) in [5, 5.41) is 4.09. The van der Waals surface area contributed by atoms with E-state index in [1.807, 2.05) is 61.5 Å². The van der Waals surface area contributed by atoms with Gasteiger partial charge in [-0.2, -0.15) is 0 Å². The highest BCUT2D eigenvalue weighted by Gasteiger charge is 2.22. The summed E-state index contributed by atoms with van der Waals surface area (Å²) in [5.41, 5.74) is 12.2. The van der Waals surface area contributed by atoms with Crippen LogP contribution in [0, 0.1) is 6.92 Å². The van der Waals surface area contributed by atoms with Crippen LogP contribution in [0.5, 0.6) is 11.5 Å². The molecule has 0 atom stereocenters. The maximum absolute atomic E-state index is 13.4. The van der Waals surface area contributed by atoms with Crippen molar-refractivity contribution in [1.82, 2.24) is 4.98 Å². The van der Waals surface area contributed by atoms with Gasteiger partial charge in [-0.05, 0) is 54.4 Å². The molecule has 0 aliphatic carbocycles. The summed E-state index contributed by atoms with van der Waals surface area (Å²) in [6.07, 6.45) is 0. The smallest absolute Gasteiger partial charge is 0.268 e. The number of ether oxygens (including phenoxy) is 2. The van der Waals surface area contributed by atoms with E-state index in [2.05, 4.69) is 5.32 Å². The highest BCUT2D eigenvalue weighted by molar-refractivity contribution is 7.21. The summed E-state index contributed by atoms with van der Waals surface area (Å²) in [6, 6.07) is 23.0. The predicted octanol–water partition coefficient (Wildman–Crippen LogP) is 7.44. The van der Waals surface area contributed by atoms with Gasteiger partial charge in [-0.3, -0.25) is 4.79 Å². The molecule has 1 amide bonds. The third kappa shape index (κ3) is 4.83. The zero-order valence-electron chi connectivity index (χ0n) is 20.5. The fraction of sp³-hybridized carbons (Fsp3) is 0.103. The first-order valence-corrected chi connectivity index (χ1v) is 12.7. The van der Waals surface area contributed by atoms with Gasteiger partial charge in [-0.25, -0.2) is 4.98 Å². The monoisotopic (exact) mass is 529 g/mol. The molecule has 0 saturated heterocycles. The second kappa shape index (κ2) is 10.1. The molecule has 6 nitrogen and oxygen atoms in total. The number of anilines is 2. The summed E-state index contributed by atoms with van der Waals surface area (Å²) >= 11 is 7.40. The number of nitrogens with two attached hydrogens (primary N) is 1. The van der Waals surface area contributed by atoms with Crippen LogP contribution in [-0.2, 0) is 0 Å². The number of nitrogens with zero attached hydrogens (tertiary/aromatic N) is 1. The van der Waals surface area contributed by atoms with E-state index in [1.165, 1.54) is 18.4 Å². The van der Waals surface area contributed by atoms with Gasteiger partial charge in [0.25, 0.3) is 5.91 Å². The van der Waals surface area contributed by atoms with Crippen molar-refractivity contribution < 1.29 is 14.3 Å². The number of nitrogen functional groups attached to an aromatic ring is 1. The molecule has 0 aliphatic rings. The molecule has 0 unspecified atom stereocenters. The van der Waals surface area contributed by atoms with Gasteiger partial charge in [-0.15, -0.1) is 11.3 Å². The standard InChI is InChI=1S/C29H24ClN3O3S/c1-16-4-6-18(7-5-16)22-15-21(17-8-11-20(35-2)12-9-17)25-26(31)27(37-29(25)33-22)28(34)32-23-14-19(30)10-13-24(23)36-3/h4-15H,31H2,1-3H3,(H,32,34). The number of aromatic nitrogens is 1. The van der Waals surface area contributed by atoms with Crippen LogP contribution in [0.4, 0.5) is 11.4 Å². The minimum atomic E-state index is -0.362. The summed E-state index contributed by atoms with van der Waals surface area (Å²) in [5.74, 6) is 0.886. The highest BCUT2D eigenvalue weighted by Crippen LogP contribution is 2.42.